The number of carbonyl (C=O) groups is 1. The first kappa shape index (κ1) is 14.3. The van der Waals surface area contributed by atoms with E-state index in [1.807, 2.05) is 49.5 Å². The van der Waals surface area contributed by atoms with Gasteiger partial charge < -0.3 is 10.3 Å². The highest BCUT2D eigenvalue weighted by molar-refractivity contribution is 5.84. The lowest BCUT2D eigenvalue weighted by atomic mass is 10.00. The van der Waals surface area contributed by atoms with Gasteiger partial charge in [-0.15, -0.1) is 0 Å². The van der Waals surface area contributed by atoms with Crippen molar-refractivity contribution < 1.29 is 4.79 Å². The fourth-order valence-electron chi connectivity index (χ4n) is 2.58. The van der Waals surface area contributed by atoms with Crippen LogP contribution in [0.3, 0.4) is 0 Å². The van der Waals surface area contributed by atoms with Crippen LogP contribution in [-0.4, -0.2) is 15.9 Å². The number of aromatic amines is 1. The number of carbonyl (C=O) groups excluding carboxylic acids is 1. The number of aromatic nitrogens is 2. The summed E-state index contributed by atoms with van der Waals surface area (Å²) in [6, 6.07) is 13.8. The summed E-state index contributed by atoms with van der Waals surface area (Å²) in [6.45, 7) is 2.42. The predicted octanol–water partition coefficient (Wildman–Crippen LogP) is 3.06. The standard InChI is InChI=1S/C18H19N3O/c1-13(18(22)21-12-15-6-4-5-9-19-15)10-14-11-20-17-8-3-2-7-16(14)17/h2-9,11,13,20H,10,12H2,1H3,(H,21,22)/t13-/m1/s1. The Morgan fingerprint density at radius 3 is 2.86 bits per heavy atom. The van der Waals surface area contributed by atoms with E-state index in [4.69, 9.17) is 0 Å². The molecule has 112 valence electrons. The number of hydrogen-bond donors (Lipinski definition) is 2. The molecule has 0 aliphatic rings. The summed E-state index contributed by atoms with van der Waals surface area (Å²) in [7, 11) is 0. The third kappa shape index (κ3) is 3.17. The van der Waals surface area contributed by atoms with Crippen LogP contribution in [-0.2, 0) is 17.8 Å². The van der Waals surface area contributed by atoms with Gasteiger partial charge >= 0.3 is 0 Å². The first-order valence-corrected chi connectivity index (χ1v) is 7.46. The summed E-state index contributed by atoms with van der Waals surface area (Å²) in [5.41, 5.74) is 3.16. The van der Waals surface area contributed by atoms with Crippen LogP contribution in [0.2, 0.25) is 0 Å². The molecule has 2 aromatic heterocycles. The minimum Gasteiger partial charge on any atom is -0.361 e. The molecule has 4 heteroatoms. The van der Waals surface area contributed by atoms with E-state index in [1.165, 1.54) is 10.9 Å². The van der Waals surface area contributed by atoms with Crippen LogP contribution in [0.4, 0.5) is 0 Å². The highest BCUT2D eigenvalue weighted by Crippen LogP contribution is 2.20. The smallest absolute Gasteiger partial charge is 0.223 e. The van der Waals surface area contributed by atoms with Crippen molar-refractivity contribution >= 4 is 16.8 Å². The van der Waals surface area contributed by atoms with Crippen LogP contribution in [0.5, 0.6) is 0 Å². The van der Waals surface area contributed by atoms with E-state index in [1.54, 1.807) is 6.20 Å². The molecule has 0 aliphatic heterocycles. The lowest BCUT2D eigenvalue weighted by Crippen LogP contribution is -2.30. The predicted molar refractivity (Wildman–Crippen MR) is 87.3 cm³/mol. The average Bonchev–Trinajstić information content (AvgIpc) is 2.97. The van der Waals surface area contributed by atoms with Crippen LogP contribution in [0.25, 0.3) is 10.9 Å². The van der Waals surface area contributed by atoms with Crippen LogP contribution < -0.4 is 5.32 Å². The summed E-state index contributed by atoms with van der Waals surface area (Å²) >= 11 is 0. The van der Waals surface area contributed by atoms with E-state index >= 15 is 0 Å². The van der Waals surface area contributed by atoms with Crippen molar-refractivity contribution in [2.45, 2.75) is 19.9 Å². The number of nitrogens with zero attached hydrogens (tertiary/aromatic N) is 1. The number of hydrogen-bond acceptors (Lipinski definition) is 2. The fraction of sp³-hybridized carbons (Fsp3) is 0.222. The lowest BCUT2D eigenvalue weighted by Gasteiger charge is -2.11. The van der Waals surface area contributed by atoms with Crippen molar-refractivity contribution in [3.63, 3.8) is 0 Å². The van der Waals surface area contributed by atoms with E-state index in [0.29, 0.717) is 6.54 Å². The minimum absolute atomic E-state index is 0.0518. The lowest BCUT2D eigenvalue weighted by molar-refractivity contribution is -0.124. The minimum atomic E-state index is -0.0806. The van der Waals surface area contributed by atoms with Gasteiger partial charge in [0.15, 0.2) is 0 Å². The molecule has 2 N–H and O–H groups in total. The van der Waals surface area contributed by atoms with Crippen LogP contribution in [0.15, 0.2) is 54.9 Å². The number of fused-ring (bicyclic) bond motifs is 1. The number of nitrogens with one attached hydrogen (secondary N) is 2. The first-order valence-electron chi connectivity index (χ1n) is 7.46. The van der Waals surface area contributed by atoms with E-state index in [2.05, 4.69) is 21.4 Å². The highest BCUT2D eigenvalue weighted by Gasteiger charge is 2.15. The number of para-hydroxylation sites is 1. The van der Waals surface area contributed by atoms with Gasteiger partial charge in [0.2, 0.25) is 5.91 Å². The van der Waals surface area contributed by atoms with E-state index in [-0.39, 0.29) is 11.8 Å². The van der Waals surface area contributed by atoms with E-state index < -0.39 is 0 Å². The summed E-state index contributed by atoms with van der Waals surface area (Å²) in [5, 5.41) is 4.13. The van der Waals surface area contributed by atoms with Crippen molar-refractivity contribution in [3.05, 3.63) is 66.1 Å². The third-order valence-electron chi connectivity index (χ3n) is 3.82. The molecule has 0 aliphatic carbocycles. The van der Waals surface area contributed by atoms with Crippen LogP contribution >= 0.6 is 0 Å². The van der Waals surface area contributed by atoms with Gasteiger partial charge in [0.25, 0.3) is 0 Å². The van der Waals surface area contributed by atoms with Crippen molar-refractivity contribution in [2.24, 2.45) is 5.92 Å². The molecule has 1 atom stereocenters. The average molecular weight is 293 g/mol. The van der Waals surface area contributed by atoms with Crippen molar-refractivity contribution in [3.8, 4) is 0 Å². The quantitative estimate of drug-likeness (QED) is 0.759. The van der Waals surface area contributed by atoms with E-state index in [0.717, 1.165) is 17.6 Å². The number of H-pyrrole nitrogens is 1. The molecule has 0 unspecified atom stereocenters. The van der Waals surface area contributed by atoms with Crippen molar-refractivity contribution in [1.82, 2.24) is 15.3 Å². The molecule has 3 rings (SSSR count). The number of amides is 1. The summed E-state index contributed by atoms with van der Waals surface area (Å²) in [4.78, 5) is 19.7. The summed E-state index contributed by atoms with van der Waals surface area (Å²) in [6.07, 6.45) is 4.45. The number of pyridine rings is 1. The van der Waals surface area contributed by atoms with Gasteiger partial charge in [0, 0.05) is 29.2 Å². The Balaban J connectivity index is 1.61. The SMILES string of the molecule is C[C@H](Cc1c[nH]c2ccccc12)C(=O)NCc1ccccn1. The second-order valence-electron chi connectivity index (χ2n) is 5.50. The molecule has 2 heterocycles. The Hall–Kier alpha value is -2.62. The molecule has 4 nitrogen and oxygen atoms in total. The van der Waals surface area contributed by atoms with Gasteiger partial charge in [-0.2, -0.15) is 0 Å². The fourth-order valence-corrected chi connectivity index (χ4v) is 2.58. The molecule has 0 radical (unpaired) electrons. The Morgan fingerprint density at radius 1 is 1.23 bits per heavy atom. The zero-order valence-corrected chi connectivity index (χ0v) is 12.5. The molecule has 0 fully saturated rings. The van der Waals surface area contributed by atoms with Gasteiger partial charge in [-0.05, 0) is 30.2 Å². The largest absolute Gasteiger partial charge is 0.361 e. The Labute approximate surface area is 129 Å². The molecule has 1 amide bonds. The molecule has 0 saturated heterocycles. The number of rotatable bonds is 5. The Morgan fingerprint density at radius 2 is 2.05 bits per heavy atom. The number of benzene rings is 1. The zero-order valence-electron chi connectivity index (χ0n) is 12.5. The topological polar surface area (TPSA) is 57.8 Å². The maximum atomic E-state index is 12.2. The monoisotopic (exact) mass is 293 g/mol. The van der Waals surface area contributed by atoms with Gasteiger partial charge in [-0.3, -0.25) is 9.78 Å². The molecule has 0 bridgehead atoms. The molecular weight excluding hydrogens is 274 g/mol. The van der Waals surface area contributed by atoms with Gasteiger partial charge in [0.1, 0.15) is 0 Å². The first-order chi connectivity index (χ1) is 10.7. The maximum absolute atomic E-state index is 12.2. The van der Waals surface area contributed by atoms with Crippen LogP contribution in [0, 0.1) is 5.92 Å². The second kappa shape index (κ2) is 6.43. The molecule has 0 saturated carbocycles. The molecule has 3 aromatic rings. The maximum Gasteiger partial charge on any atom is 0.223 e. The summed E-state index contributed by atoms with van der Waals surface area (Å²) in [5.74, 6) is -0.0288. The second-order valence-corrected chi connectivity index (χ2v) is 5.50. The zero-order chi connectivity index (χ0) is 15.4. The van der Waals surface area contributed by atoms with Gasteiger partial charge in [0.05, 0.1) is 12.2 Å². The van der Waals surface area contributed by atoms with Crippen molar-refractivity contribution in [2.75, 3.05) is 0 Å². The van der Waals surface area contributed by atoms with Gasteiger partial charge in [-0.1, -0.05) is 31.2 Å². The summed E-state index contributed by atoms with van der Waals surface area (Å²) < 4.78 is 0. The Kier molecular flexibility index (Phi) is 4.19. The molecule has 1 aromatic carbocycles. The molecular formula is C18H19N3O. The highest BCUT2D eigenvalue weighted by atomic mass is 16.1. The normalized spacial score (nSPS) is 12.2. The van der Waals surface area contributed by atoms with Gasteiger partial charge in [-0.25, -0.2) is 0 Å². The third-order valence-corrected chi connectivity index (χ3v) is 3.82. The van der Waals surface area contributed by atoms with Crippen LogP contribution in [0.1, 0.15) is 18.2 Å². The van der Waals surface area contributed by atoms with E-state index in [9.17, 15) is 4.79 Å². The molecule has 22 heavy (non-hydrogen) atoms. The van der Waals surface area contributed by atoms with Crippen molar-refractivity contribution in [1.29, 1.82) is 0 Å². The molecule has 0 spiro atoms. The Bertz CT molecular complexity index is 764.